The maximum absolute atomic E-state index is 12.1. The molecule has 1 fully saturated rings. The van der Waals surface area contributed by atoms with Crippen LogP contribution in [0.1, 0.15) is 46.5 Å². The number of esters is 1. The molecule has 0 aromatic heterocycles. The van der Waals surface area contributed by atoms with Crippen molar-refractivity contribution in [1.29, 1.82) is 0 Å². The van der Waals surface area contributed by atoms with Gasteiger partial charge in [0.25, 0.3) is 0 Å². The molecular formula is C13H23NO4. The zero-order valence-corrected chi connectivity index (χ0v) is 11.4. The van der Waals surface area contributed by atoms with Gasteiger partial charge in [-0.2, -0.15) is 0 Å². The lowest BCUT2D eigenvalue weighted by molar-refractivity contribution is -0.165. The monoisotopic (exact) mass is 257 g/mol. The normalized spacial score (nSPS) is 19.3. The van der Waals surface area contributed by atoms with Crippen LogP contribution in [0.3, 0.4) is 0 Å². The number of carboxylic acid groups (broad SMARTS) is 1. The quantitative estimate of drug-likeness (QED) is 0.776. The van der Waals surface area contributed by atoms with Crippen molar-refractivity contribution in [2.24, 2.45) is 0 Å². The Bertz CT molecular complexity index is 303. The van der Waals surface area contributed by atoms with Crippen LogP contribution < -0.4 is 0 Å². The van der Waals surface area contributed by atoms with Gasteiger partial charge in [-0.3, -0.25) is 14.5 Å². The molecule has 5 nitrogen and oxygen atoms in total. The Kier molecular flexibility index (Phi) is 5.14. The van der Waals surface area contributed by atoms with Gasteiger partial charge in [0.15, 0.2) is 0 Å². The molecule has 1 unspecified atom stereocenters. The number of ether oxygens (including phenoxy) is 1. The van der Waals surface area contributed by atoms with E-state index in [2.05, 4.69) is 0 Å². The summed E-state index contributed by atoms with van der Waals surface area (Å²) < 4.78 is 5.31. The summed E-state index contributed by atoms with van der Waals surface area (Å²) in [5.41, 5.74) is -0.580. The van der Waals surface area contributed by atoms with Crippen LogP contribution in [0.4, 0.5) is 0 Å². The Morgan fingerprint density at radius 3 is 2.22 bits per heavy atom. The Morgan fingerprint density at radius 2 is 1.78 bits per heavy atom. The largest absolute Gasteiger partial charge is 0.481 e. The molecule has 0 bridgehead atoms. The highest BCUT2D eigenvalue weighted by atomic mass is 16.6. The van der Waals surface area contributed by atoms with E-state index in [0.29, 0.717) is 0 Å². The number of carbonyl (C=O) groups is 2. The lowest BCUT2D eigenvalue weighted by Crippen LogP contribution is -2.47. The molecule has 1 aliphatic rings. The molecule has 5 heteroatoms. The van der Waals surface area contributed by atoms with E-state index in [0.717, 1.165) is 32.4 Å². The number of rotatable bonds is 4. The lowest BCUT2D eigenvalue weighted by Gasteiger charge is -2.34. The van der Waals surface area contributed by atoms with Gasteiger partial charge in [-0.05, 0) is 46.7 Å². The van der Waals surface area contributed by atoms with Crippen molar-refractivity contribution in [1.82, 2.24) is 4.90 Å². The minimum atomic E-state index is -0.962. The summed E-state index contributed by atoms with van der Waals surface area (Å²) in [4.78, 5) is 24.9. The van der Waals surface area contributed by atoms with E-state index >= 15 is 0 Å². The van der Waals surface area contributed by atoms with E-state index in [1.807, 2.05) is 4.90 Å². The molecule has 1 saturated heterocycles. The van der Waals surface area contributed by atoms with E-state index in [1.54, 1.807) is 20.8 Å². The molecule has 0 amide bonds. The summed E-state index contributed by atoms with van der Waals surface area (Å²) in [7, 11) is 0. The molecule has 1 heterocycles. The average Bonchev–Trinajstić information content (AvgIpc) is 2.24. The van der Waals surface area contributed by atoms with E-state index in [4.69, 9.17) is 9.84 Å². The van der Waals surface area contributed by atoms with Crippen molar-refractivity contribution in [2.75, 3.05) is 13.1 Å². The summed E-state index contributed by atoms with van der Waals surface area (Å²) in [6.07, 6.45) is 2.98. The summed E-state index contributed by atoms with van der Waals surface area (Å²) in [5, 5.41) is 8.93. The maximum atomic E-state index is 12.1. The molecule has 0 aromatic carbocycles. The second-order valence-corrected chi connectivity index (χ2v) is 5.74. The lowest BCUT2D eigenvalue weighted by atomic mass is 10.1. The van der Waals surface area contributed by atoms with Crippen LogP contribution >= 0.6 is 0 Å². The van der Waals surface area contributed by atoms with Crippen molar-refractivity contribution in [3.63, 3.8) is 0 Å². The van der Waals surface area contributed by atoms with Gasteiger partial charge in [-0.15, -0.1) is 0 Å². The molecule has 0 radical (unpaired) electrons. The molecule has 1 atom stereocenters. The number of hydrogen-bond donors (Lipinski definition) is 1. The van der Waals surface area contributed by atoms with Gasteiger partial charge in [0.1, 0.15) is 11.6 Å². The smallest absolute Gasteiger partial charge is 0.324 e. The molecule has 1 N–H and O–H groups in total. The molecule has 1 rings (SSSR count). The first-order valence-electron chi connectivity index (χ1n) is 6.48. The highest BCUT2D eigenvalue weighted by Gasteiger charge is 2.32. The maximum Gasteiger partial charge on any atom is 0.324 e. The SMILES string of the molecule is CC(C)(C)OC(=O)C(CC(=O)O)N1CCCCC1. The number of hydrogen-bond acceptors (Lipinski definition) is 4. The fraction of sp³-hybridized carbons (Fsp3) is 0.846. The first-order valence-corrected chi connectivity index (χ1v) is 6.48. The summed E-state index contributed by atoms with van der Waals surface area (Å²) >= 11 is 0. The minimum Gasteiger partial charge on any atom is -0.481 e. The Hall–Kier alpha value is -1.10. The van der Waals surface area contributed by atoms with Crippen LogP contribution in [0.15, 0.2) is 0 Å². The number of nitrogens with zero attached hydrogens (tertiary/aromatic N) is 1. The highest BCUT2D eigenvalue weighted by molar-refractivity contribution is 5.82. The molecule has 0 aliphatic carbocycles. The van der Waals surface area contributed by atoms with E-state index in [-0.39, 0.29) is 6.42 Å². The first-order chi connectivity index (χ1) is 8.29. The van der Waals surface area contributed by atoms with Gasteiger partial charge in [0.05, 0.1) is 6.42 Å². The summed E-state index contributed by atoms with van der Waals surface area (Å²) in [5.74, 6) is -1.39. The molecule has 0 aromatic rings. The molecule has 18 heavy (non-hydrogen) atoms. The average molecular weight is 257 g/mol. The van der Waals surface area contributed by atoms with E-state index < -0.39 is 23.6 Å². The second kappa shape index (κ2) is 6.18. The van der Waals surface area contributed by atoms with Gasteiger partial charge < -0.3 is 9.84 Å². The number of likely N-dealkylation sites (tertiary alicyclic amines) is 1. The molecule has 1 aliphatic heterocycles. The van der Waals surface area contributed by atoms with Gasteiger partial charge in [0.2, 0.25) is 0 Å². The van der Waals surface area contributed by atoms with Crippen LogP contribution in [0.2, 0.25) is 0 Å². The summed E-state index contributed by atoms with van der Waals surface area (Å²) in [6.45, 7) is 6.92. The van der Waals surface area contributed by atoms with E-state index in [1.165, 1.54) is 0 Å². The zero-order valence-electron chi connectivity index (χ0n) is 11.4. The predicted octanol–water partition coefficient (Wildman–Crippen LogP) is 1.66. The fourth-order valence-corrected chi connectivity index (χ4v) is 2.13. The van der Waals surface area contributed by atoms with Gasteiger partial charge >= 0.3 is 11.9 Å². The number of piperidine rings is 1. The highest BCUT2D eigenvalue weighted by Crippen LogP contribution is 2.18. The third-order valence-electron chi connectivity index (χ3n) is 2.88. The van der Waals surface area contributed by atoms with Crippen LogP contribution in [-0.2, 0) is 14.3 Å². The van der Waals surface area contributed by atoms with Gasteiger partial charge in [-0.25, -0.2) is 0 Å². The Labute approximate surface area is 108 Å². The standard InChI is InChI=1S/C13H23NO4/c1-13(2,3)18-12(17)10(9-11(15)16)14-7-5-4-6-8-14/h10H,4-9H2,1-3H3,(H,15,16). The molecule has 0 saturated carbocycles. The van der Waals surface area contributed by atoms with E-state index in [9.17, 15) is 9.59 Å². The van der Waals surface area contributed by atoms with Crippen molar-refractivity contribution < 1.29 is 19.4 Å². The minimum absolute atomic E-state index is 0.186. The third kappa shape index (κ3) is 5.04. The Balaban J connectivity index is 2.70. The van der Waals surface area contributed by atoms with Gasteiger partial charge in [-0.1, -0.05) is 6.42 Å². The molecule has 0 spiro atoms. The third-order valence-corrected chi connectivity index (χ3v) is 2.88. The van der Waals surface area contributed by atoms with Crippen molar-refractivity contribution in [3.05, 3.63) is 0 Å². The van der Waals surface area contributed by atoms with Crippen LogP contribution in [-0.4, -0.2) is 46.7 Å². The molecular weight excluding hydrogens is 234 g/mol. The van der Waals surface area contributed by atoms with Crippen molar-refractivity contribution in [2.45, 2.75) is 58.1 Å². The summed E-state index contributed by atoms with van der Waals surface area (Å²) in [6, 6.07) is -0.651. The van der Waals surface area contributed by atoms with Crippen LogP contribution in [0.5, 0.6) is 0 Å². The first kappa shape index (κ1) is 15.0. The zero-order chi connectivity index (χ0) is 13.8. The number of carboxylic acids is 1. The molecule has 104 valence electrons. The van der Waals surface area contributed by atoms with Gasteiger partial charge in [0, 0.05) is 0 Å². The fourth-order valence-electron chi connectivity index (χ4n) is 2.13. The van der Waals surface area contributed by atoms with Crippen molar-refractivity contribution in [3.8, 4) is 0 Å². The topological polar surface area (TPSA) is 66.8 Å². The van der Waals surface area contributed by atoms with Crippen LogP contribution in [0.25, 0.3) is 0 Å². The van der Waals surface area contributed by atoms with Crippen LogP contribution in [0, 0.1) is 0 Å². The second-order valence-electron chi connectivity index (χ2n) is 5.74. The van der Waals surface area contributed by atoms with Crippen molar-refractivity contribution >= 4 is 11.9 Å². The Morgan fingerprint density at radius 1 is 1.22 bits per heavy atom. The number of carbonyl (C=O) groups excluding carboxylic acids is 1. The number of aliphatic carboxylic acids is 1. The predicted molar refractivity (Wildman–Crippen MR) is 67.3 cm³/mol.